The van der Waals surface area contributed by atoms with Crippen molar-refractivity contribution in [2.24, 2.45) is 0 Å². The molecule has 0 fully saturated rings. The number of hydrogen-bond donors (Lipinski definition) is 1. The molecule has 2 aromatic rings. The average Bonchev–Trinajstić information content (AvgIpc) is 2.90. The van der Waals surface area contributed by atoms with Gasteiger partial charge in [0.05, 0.1) is 6.04 Å². The molecule has 3 rings (SSSR count). The zero-order valence-corrected chi connectivity index (χ0v) is 15.5. The summed E-state index contributed by atoms with van der Waals surface area (Å²) < 4.78 is 5.91. The summed E-state index contributed by atoms with van der Waals surface area (Å²) in [4.78, 5) is 13.5. The van der Waals surface area contributed by atoms with Crippen LogP contribution in [0.1, 0.15) is 57.7 Å². The number of rotatable bonds is 4. The van der Waals surface area contributed by atoms with E-state index in [0.717, 1.165) is 29.7 Å². The van der Waals surface area contributed by atoms with Gasteiger partial charge in [-0.2, -0.15) is 0 Å². The Kier molecular flexibility index (Phi) is 4.59. The van der Waals surface area contributed by atoms with E-state index in [1.54, 1.807) is 0 Å². The molecule has 0 amide bonds. The van der Waals surface area contributed by atoms with Gasteiger partial charge in [0.25, 0.3) is 0 Å². The number of fused-ring (bicyclic) bond motifs is 1. The summed E-state index contributed by atoms with van der Waals surface area (Å²) in [6, 6.07) is 18.2. The quantitative estimate of drug-likeness (QED) is 0.776. The van der Waals surface area contributed by atoms with E-state index >= 15 is 0 Å². The van der Waals surface area contributed by atoms with Crippen LogP contribution in [0.15, 0.2) is 54.6 Å². The van der Waals surface area contributed by atoms with Crippen LogP contribution in [-0.2, 0) is 14.9 Å². The van der Waals surface area contributed by atoms with E-state index in [2.05, 4.69) is 30.4 Å². The van der Waals surface area contributed by atoms with Gasteiger partial charge in [-0.1, -0.05) is 61.9 Å². The molecule has 0 saturated carbocycles. The minimum Gasteiger partial charge on any atom is -0.459 e. The molecule has 2 atom stereocenters. The van der Waals surface area contributed by atoms with Crippen LogP contribution in [0, 0.1) is 0 Å². The normalized spacial score (nSPS) is 22.2. The van der Waals surface area contributed by atoms with Crippen molar-refractivity contribution in [3.05, 3.63) is 65.7 Å². The van der Waals surface area contributed by atoms with Crippen LogP contribution in [0.25, 0.3) is 0 Å². The summed E-state index contributed by atoms with van der Waals surface area (Å²) in [6.45, 7) is 7.90. The number of carbonyl (C=O) groups excluding carboxylic acids is 1. The number of carbonyl (C=O) groups is 1. The third-order valence-corrected chi connectivity index (χ3v) is 4.74. The first kappa shape index (κ1) is 17.5. The van der Waals surface area contributed by atoms with Crippen LogP contribution in [0.3, 0.4) is 0 Å². The third kappa shape index (κ3) is 3.15. The lowest BCUT2D eigenvalue weighted by Gasteiger charge is -2.36. The second-order valence-corrected chi connectivity index (χ2v) is 7.76. The first-order chi connectivity index (χ1) is 11.9. The van der Waals surface area contributed by atoms with Crippen LogP contribution in [0.2, 0.25) is 0 Å². The van der Waals surface area contributed by atoms with Gasteiger partial charge < -0.3 is 10.1 Å². The molecule has 0 unspecified atom stereocenters. The summed E-state index contributed by atoms with van der Waals surface area (Å²) >= 11 is 0. The van der Waals surface area contributed by atoms with Gasteiger partial charge in [-0.3, -0.25) is 4.79 Å². The first-order valence-electron chi connectivity index (χ1n) is 9.03. The molecule has 0 spiro atoms. The highest BCUT2D eigenvalue weighted by atomic mass is 16.6. The molecule has 3 nitrogen and oxygen atoms in total. The maximum Gasteiger partial charge on any atom is 0.319 e. The van der Waals surface area contributed by atoms with Crippen molar-refractivity contribution in [1.82, 2.24) is 0 Å². The Balaban J connectivity index is 2.16. The number of ether oxygens (including phenoxy) is 1. The molecule has 0 bridgehead atoms. The Labute approximate surface area is 150 Å². The van der Waals surface area contributed by atoms with Crippen LogP contribution in [0.4, 0.5) is 5.69 Å². The molecule has 25 heavy (non-hydrogen) atoms. The van der Waals surface area contributed by atoms with E-state index in [9.17, 15) is 4.79 Å². The predicted molar refractivity (Wildman–Crippen MR) is 102 cm³/mol. The van der Waals surface area contributed by atoms with Crippen LogP contribution in [0.5, 0.6) is 0 Å². The molecule has 0 aromatic heterocycles. The SMILES string of the molecule is CCC[C@@]1(C(=O)OC(C)(C)C)c2ccccc2N[C@@H]1c1ccccc1. The van der Waals surface area contributed by atoms with E-state index in [1.807, 2.05) is 57.2 Å². The number of hydrogen-bond acceptors (Lipinski definition) is 3. The summed E-state index contributed by atoms with van der Waals surface area (Å²) in [7, 11) is 0. The van der Waals surface area contributed by atoms with Gasteiger partial charge >= 0.3 is 5.97 Å². The zero-order valence-electron chi connectivity index (χ0n) is 15.5. The summed E-state index contributed by atoms with van der Waals surface area (Å²) in [5.74, 6) is -0.145. The Morgan fingerprint density at radius 2 is 1.72 bits per heavy atom. The maximum absolute atomic E-state index is 13.5. The van der Waals surface area contributed by atoms with E-state index in [4.69, 9.17) is 4.74 Å². The van der Waals surface area contributed by atoms with Crippen molar-refractivity contribution in [3.63, 3.8) is 0 Å². The summed E-state index contributed by atoms with van der Waals surface area (Å²) in [5, 5.41) is 3.59. The van der Waals surface area contributed by atoms with Gasteiger partial charge in [0.1, 0.15) is 11.0 Å². The molecular formula is C22H27NO2. The molecule has 0 saturated heterocycles. The van der Waals surface area contributed by atoms with E-state index in [1.165, 1.54) is 0 Å². The van der Waals surface area contributed by atoms with Gasteiger partial charge in [-0.05, 0) is 44.4 Å². The van der Waals surface area contributed by atoms with Crippen molar-refractivity contribution >= 4 is 11.7 Å². The van der Waals surface area contributed by atoms with Gasteiger partial charge in [0.15, 0.2) is 0 Å². The van der Waals surface area contributed by atoms with Gasteiger partial charge in [0, 0.05) is 5.69 Å². The number of anilines is 1. The highest BCUT2D eigenvalue weighted by Gasteiger charge is 2.54. The number of benzene rings is 2. The average molecular weight is 337 g/mol. The van der Waals surface area contributed by atoms with Gasteiger partial charge in [0.2, 0.25) is 0 Å². The molecule has 0 radical (unpaired) electrons. The number of para-hydroxylation sites is 1. The topological polar surface area (TPSA) is 38.3 Å². The second kappa shape index (κ2) is 6.55. The summed E-state index contributed by atoms with van der Waals surface area (Å²) in [6.07, 6.45) is 1.64. The Morgan fingerprint density at radius 1 is 1.08 bits per heavy atom. The Morgan fingerprint density at radius 3 is 2.36 bits per heavy atom. The van der Waals surface area contributed by atoms with Crippen molar-refractivity contribution in [1.29, 1.82) is 0 Å². The molecule has 0 aliphatic carbocycles. The van der Waals surface area contributed by atoms with Crippen LogP contribution in [-0.4, -0.2) is 11.6 Å². The molecule has 1 heterocycles. The predicted octanol–water partition coefficient (Wildman–Crippen LogP) is 5.23. The van der Waals surface area contributed by atoms with Crippen LogP contribution < -0.4 is 5.32 Å². The molecule has 1 aliphatic rings. The fourth-order valence-corrected chi connectivity index (χ4v) is 3.82. The first-order valence-corrected chi connectivity index (χ1v) is 9.03. The maximum atomic E-state index is 13.5. The van der Waals surface area contributed by atoms with Gasteiger partial charge in [-0.25, -0.2) is 0 Å². The Hall–Kier alpha value is -2.29. The lowest BCUT2D eigenvalue weighted by atomic mass is 9.71. The monoisotopic (exact) mass is 337 g/mol. The van der Waals surface area contributed by atoms with Crippen molar-refractivity contribution in [2.45, 2.75) is 57.6 Å². The fourth-order valence-electron chi connectivity index (χ4n) is 3.82. The highest BCUT2D eigenvalue weighted by molar-refractivity contribution is 5.90. The lowest BCUT2D eigenvalue weighted by Crippen LogP contribution is -2.44. The summed E-state index contributed by atoms with van der Waals surface area (Å²) in [5.41, 5.74) is 1.95. The van der Waals surface area contributed by atoms with E-state index in [-0.39, 0.29) is 12.0 Å². The lowest BCUT2D eigenvalue weighted by molar-refractivity contribution is -0.163. The smallest absolute Gasteiger partial charge is 0.319 e. The van der Waals surface area contributed by atoms with Crippen molar-refractivity contribution < 1.29 is 9.53 Å². The third-order valence-electron chi connectivity index (χ3n) is 4.74. The zero-order chi connectivity index (χ0) is 18.1. The molecule has 1 aliphatic heterocycles. The molecular weight excluding hydrogens is 310 g/mol. The standard InChI is InChI=1S/C22H27NO2/c1-5-15-22(20(24)25-21(2,3)4)17-13-9-10-14-18(17)23-19(22)16-11-7-6-8-12-16/h6-14,19,23H,5,15H2,1-4H3/t19-,22-/m1/s1. The van der Waals surface area contributed by atoms with Crippen molar-refractivity contribution in [3.8, 4) is 0 Å². The minimum atomic E-state index is -0.708. The number of nitrogens with one attached hydrogen (secondary N) is 1. The van der Waals surface area contributed by atoms with E-state index < -0.39 is 11.0 Å². The molecule has 1 N–H and O–H groups in total. The second-order valence-electron chi connectivity index (χ2n) is 7.76. The Bertz CT molecular complexity index is 748. The molecule has 132 valence electrons. The van der Waals surface area contributed by atoms with Crippen molar-refractivity contribution in [2.75, 3.05) is 5.32 Å². The van der Waals surface area contributed by atoms with Gasteiger partial charge in [-0.15, -0.1) is 0 Å². The largest absolute Gasteiger partial charge is 0.459 e. The molecule has 2 aromatic carbocycles. The van der Waals surface area contributed by atoms with Crippen LogP contribution >= 0.6 is 0 Å². The fraction of sp³-hybridized carbons (Fsp3) is 0.409. The minimum absolute atomic E-state index is 0.124. The van der Waals surface area contributed by atoms with E-state index in [0.29, 0.717) is 0 Å². The molecule has 3 heteroatoms. The highest BCUT2D eigenvalue weighted by Crippen LogP contribution is 2.52. The number of esters is 1.